The van der Waals surface area contributed by atoms with Gasteiger partial charge in [0.15, 0.2) is 0 Å². The standard InChI is InChI=1S/C25H32ClNO4.C2H6/c1-4-16(2)31-27-17(3)19-7-5-18(6-8-19)11-21-12-20(9-10-24(21)26)25-14-22(29)13-23(15-28)30-25;1-2/h5-10,12,16,22-23,25,28-29H,4,11,13-15H2,1-3H3;1-2H3/b27-17+;. The highest BCUT2D eigenvalue weighted by molar-refractivity contribution is 6.31. The molecule has 2 aromatic carbocycles. The molecule has 0 radical (unpaired) electrons. The van der Waals surface area contributed by atoms with Crippen molar-refractivity contribution in [2.45, 2.75) is 84.7 Å². The van der Waals surface area contributed by atoms with Crippen LogP contribution in [0.4, 0.5) is 0 Å². The molecule has 4 atom stereocenters. The van der Waals surface area contributed by atoms with Crippen LogP contribution in [0.25, 0.3) is 0 Å². The zero-order valence-corrected chi connectivity index (χ0v) is 21.2. The van der Waals surface area contributed by atoms with Crippen molar-refractivity contribution < 1.29 is 19.8 Å². The Morgan fingerprint density at radius 3 is 2.52 bits per heavy atom. The van der Waals surface area contributed by atoms with Crippen molar-refractivity contribution in [2.24, 2.45) is 5.16 Å². The Bertz CT molecular complexity index is 884. The second kappa shape index (κ2) is 13.7. The van der Waals surface area contributed by atoms with E-state index in [9.17, 15) is 10.2 Å². The molecule has 182 valence electrons. The molecule has 0 bridgehead atoms. The molecule has 1 aliphatic heterocycles. The number of halogens is 1. The molecular weight excluding hydrogens is 438 g/mol. The average Bonchev–Trinajstić information content (AvgIpc) is 2.84. The maximum atomic E-state index is 10.1. The summed E-state index contributed by atoms with van der Waals surface area (Å²) in [5, 5.41) is 24.5. The number of hydrogen-bond donors (Lipinski definition) is 2. The largest absolute Gasteiger partial charge is 0.394 e. The van der Waals surface area contributed by atoms with Gasteiger partial charge < -0.3 is 19.8 Å². The molecule has 0 saturated carbocycles. The van der Waals surface area contributed by atoms with Gasteiger partial charge in [-0.1, -0.05) is 73.9 Å². The SMILES string of the molecule is CC.CCC(C)O/N=C(\C)c1ccc(Cc2cc(C3CC(O)CC(CO)O3)ccc2Cl)cc1. The van der Waals surface area contributed by atoms with Gasteiger partial charge in [-0.25, -0.2) is 0 Å². The third kappa shape index (κ3) is 8.11. The maximum Gasteiger partial charge on any atom is 0.124 e. The molecule has 0 spiro atoms. The smallest absolute Gasteiger partial charge is 0.124 e. The fraction of sp³-hybridized carbons (Fsp3) is 0.519. The molecule has 2 N–H and O–H groups in total. The lowest BCUT2D eigenvalue weighted by molar-refractivity contribution is -0.113. The number of aliphatic hydroxyl groups excluding tert-OH is 2. The predicted molar refractivity (Wildman–Crippen MR) is 135 cm³/mol. The van der Waals surface area contributed by atoms with Gasteiger partial charge in [-0.05, 0) is 55.0 Å². The Labute approximate surface area is 203 Å². The third-order valence-electron chi connectivity index (χ3n) is 5.73. The molecular formula is C27H38ClNO4. The lowest BCUT2D eigenvalue weighted by Gasteiger charge is -2.32. The fourth-order valence-corrected chi connectivity index (χ4v) is 3.82. The molecule has 0 amide bonds. The van der Waals surface area contributed by atoms with Gasteiger partial charge in [-0.15, -0.1) is 0 Å². The quantitative estimate of drug-likeness (QED) is 0.359. The van der Waals surface area contributed by atoms with Crippen LogP contribution in [0.15, 0.2) is 47.6 Å². The van der Waals surface area contributed by atoms with E-state index in [1.807, 2.05) is 58.0 Å². The summed E-state index contributed by atoms with van der Waals surface area (Å²) >= 11 is 6.47. The first-order chi connectivity index (χ1) is 15.9. The first-order valence-electron chi connectivity index (χ1n) is 11.9. The van der Waals surface area contributed by atoms with Crippen molar-refractivity contribution >= 4 is 17.3 Å². The van der Waals surface area contributed by atoms with Crippen LogP contribution in [0, 0.1) is 0 Å². The molecule has 1 fully saturated rings. The second-order valence-corrected chi connectivity index (χ2v) is 8.69. The molecule has 5 nitrogen and oxygen atoms in total. The highest BCUT2D eigenvalue weighted by Crippen LogP contribution is 2.33. The summed E-state index contributed by atoms with van der Waals surface area (Å²) in [6, 6.07) is 14.1. The number of aliphatic hydroxyl groups is 2. The van der Waals surface area contributed by atoms with E-state index in [0.717, 1.165) is 34.4 Å². The first-order valence-corrected chi connectivity index (χ1v) is 12.3. The van der Waals surface area contributed by atoms with Gasteiger partial charge in [-0.3, -0.25) is 0 Å². The Morgan fingerprint density at radius 2 is 1.88 bits per heavy atom. The highest BCUT2D eigenvalue weighted by Gasteiger charge is 2.29. The molecule has 6 heteroatoms. The molecule has 33 heavy (non-hydrogen) atoms. The Morgan fingerprint density at radius 1 is 1.18 bits per heavy atom. The van der Waals surface area contributed by atoms with Crippen LogP contribution in [-0.4, -0.2) is 40.8 Å². The summed E-state index contributed by atoms with van der Waals surface area (Å²) in [5.41, 5.74) is 4.97. The summed E-state index contributed by atoms with van der Waals surface area (Å²) in [5.74, 6) is 0. The van der Waals surface area contributed by atoms with Crippen molar-refractivity contribution in [3.8, 4) is 0 Å². The number of oxime groups is 1. The Kier molecular flexibility index (Phi) is 11.3. The minimum Gasteiger partial charge on any atom is -0.394 e. The van der Waals surface area contributed by atoms with E-state index in [1.165, 1.54) is 0 Å². The van der Waals surface area contributed by atoms with E-state index >= 15 is 0 Å². The molecule has 1 aliphatic rings. The van der Waals surface area contributed by atoms with Crippen molar-refractivity contribution in [3.63, 3.8) is 0 Å². The number of nitrogens with zero attached hydrogens (tertiary/aromatic N) is 1. The van der Waals surface area contributed by atoms with E-state index in [0.29, 0.717) is 24.3 Å². The molecule has 3 rings (SSSR count). The topological polar surface area (TPSA) is 71.3 Å². The molecule has 2 aromatic rings. The van der Waals surface area contributed by atoms with Gasteiger partial charge in [0, 0.05) is 17.9 Å². The van der Waals surface area contributed by atoms with Crippen molar-refractivity contribution in [1.82, 2.24) is 0 Å². The zero-order chi connectivity index (χ0) is 24.4. The van der Waals surface area contributed by atoms with Crippen LogP contribution < -0.4 is 0 Å². The van der Waals surface area contributed by atoms with Crippen LogP contribution in [0.3, 0.4) is 0 Å². The second-order valence-electron chi connectivity index (χ2n) is 8.28. The van der Waals surface area contributed by atoms with Crippen molar-refractivity contribution in [1.29, 1.82) is 0 Å². The molecule has 1 heterocycles. The molecule has 0 aromatic heterocycles. The van der Waals surface area contributed by atoms with E-state index in [4.69, 9.17) is 21.2 Å². The number of benzene rings is 2. The summed E-state index contributed by atoms with van der Waals surface area (Å²) in [7, 11) is 0. The Hall–Kier alpha value is -1.92. The summed E-state index contributed by atoms with van der Waals surface area (Å²) in [6.07, 6.45) is 1.63. The van der Waals surface area contributed by atoms with Gasteiger partial charge in [0.1, 0.15) is 6.10 Å². The van der Waals surface area contributed by atoms with Crippen LogP contribution in [0.5, 0.6) is 0 Å². The maximum absolute atomic E-state index is 10.1. The molecule has 4 unspecified atom stereocenters. The molecule has 1 saturated heterocycles. The summed E-state index contributed by atoms with van der Waals surface area (Å²) < 4.78 is 5.95. The lowest BCUT2D eigenvalue weighted by atomic mass is 9.94. The lowest BCUT2D eigenvalue weighted by Crippen LogP contribution is -2.33. The van der Waals surface area contributed by atoms with Gasteiger partial charge in [0.2, 0.25) is 0 Å². The van der Waals surface area contributed by atoms with E-state index in [1.54, 1.807) is 0 Å². The van der Waals surface area contributed by atoms with Crippen molar-refractivity contribution in [3.05, 3.63) is 69.7 Å². The summed E-state index contributed by atoms with van der Waals surface area (Å²) in [4.78, 5) is 5.47. The minimum atomic E-state index is -0.475. The van der Waals surface area contributed by atoms with Crippen molar-refractivity contribution in [2.75, 3.05) is 6.61 Å². The number of ether oxygens (including phenoxy) is 1. The molecule has 0 aliphatic carbocycles. The van der Waals surface area contributed by atoms with Crippen LogP contribution in [-0.2, 0) is 16.0 Å². The minimum absolute atomic E-state index is 0.0918. The normalized spacial score (nSPS) is 21.7. The zero-order valence-electron chi connectivity index (χ0n) is 20.4. The fourth-order valence-electron chi connectivity index (χ4n) is 3.63. The number of rotatable bonds is 8. The van der Waals surface area contributed by atoms with Crippen LogP contribution in [0.1, 0.15) is 82.2 Å². The van der Waals surface area contributed by atoms with Crippen LogP contribution >= 0.6 is 11.6 Å². The first kappa shape index (κ1) is 27.3. The van der Waals surface area contributed by atoms with Gasteiger partial charge >= 0.3 is 0 Å². The monoisotopic (exact) mass is 475 g/mol. The van der Waals surface area contributed by atoms with Gasteiger partial charge in [-0.2, -0.15) is 0 Å². The number of hydrogen-bond acceptors (Lipinski definition) is 5. The van der Waals surface area contributed by atoms with E-state index in [-0.39, 0.29) is 24.9 Å². The average molecular weight is 476 g/mol. The highest BCUT2D eigenvalue weighted by atomic mass is 35.5. The van der Waals surface area contributed by atoms with E-state index in [2.05, 4.69) is 24.2 Å². The Balaban J connectivity index is 0.00000187. The van der Waals surface area contributed by atoms with E-state index < -0.39 is 6.10 Å². The predicted octanol–water partition coefficient (Wildman–Crippen LogP) is 6.07. The van der Waals surface area contributed by atoms with Gasteiger partial charge in [0.05, 0.1) is 30.6 Å². The van der Waals surface area contributed by atoms with Crippen LogP contribution in [0.2, 0.25) is 5.02 Å². The van der Waals surface area contributed by atoms with Gasteiger partial charge in [0.25, 0.3) is 0 Å². The third-order valence-corrected chi connectivity index (χ3v) is 6.10. The summed E-state index contributed by atoms with van der Waals surface area (Å²) in [6.45, 7) is 9.92.